The monoisotopic (exact) mass is 363 g/mol. The third-order valence-corrected chi connectivity index (χ3v) is 3.63. The van der Waals surface area contributed by atoms with Crippen LogP contribution in [0.15, 0.2) is 69.1 Å². The molecule has 27 heavy (non-hydrogen) atoms. The van der Waals surface area contributed by atoms with E-state index in [1.54, 1.807) is 0 Å². The Morgan fingerprint density at radius 3 is 2.41 bits per heavy atom. The van der Waals surface area contributed by atoms with Crippen molar-refractivity contribution in [3.8, 4) is 0 Å². The van der Waals surface area contributed by atoms with Crippen LogP contribution in [0.4, 0.5) is 11.4 Å². The van der Waals surface area contributed by atoms with E-state index in [0.717, 1.165) is 5.56 Å². The number of aryl methyl sites for hydroxylation is 1. The van der Waals surface area contributed by atoms with E-state index in [-0.39, 0.29) is 0 Å². The van der Waals surface area contributed by atoms with Gasteiger partial charge in [-0.3, -0.25) is 4.99 Å². The second-order valence-electron chi connectivity index (χ2n) is 5.52. The van der Waals surface area contributed by atoms with Gasteiger partial charge in [-0.25, -0.2) is 4.99 Å². The third kappa shape index (κ3) is 6.18. The number of nitrogens with zero attached hydrogens (tertiary/aromatic N) is 4. The van der Waals surface area contributed by atoms with Gasteiger partial charge in [0.25, 0.3) is 0 Å². The van der Waals surface area contributed by atoms with E-state index < -0.39 is 0 Å². The van der Waals surface area contributed by atoms with E-state index in [2.05, 4.69) is 26.8 Å². The van der Waals surface area contributed by atoms with Crippen LogP contribution in [-0.2, 0) is 12.8 Å². The predicted octanol–water partition coefficient (Wildman–Crippen LogP) is 4.64. The first-order valence-electron chi connectivity index (χ1n) is 8.99. The summed E-state index contributed by atoms with van der Waals surface area (Å²) in [5.41, 5.74) is 8.55. The smallest absolute Gasteiger partial charge is 0.231 e. The number of rotatable bonds is 7. The van der Waals surface area contributed by atoms with Crippen LogP contribution in [0.5, 0.6) is 0 Å². The second kappa shape index (κ2) is 10.7. The van der Waals surface area contributed by atoms with E-state index in [0.29, 0.717) is 48.2 Å². The van der Waals surface area contributed by atoms with Gasteiger partial charge in [-0.1, -0.05) is 61.5 Å². The van der Waals surface area contributed by atoms with Crippen molar-refractivity contribution in [3.05, 3.63) is 71.9 Å². The van der Waals surface area contributed by atoms with Crippen LogP contribution in [0.3, 0.4) is 0 Å². The van der Waals surface area contributed by atoms with Crippen molar-refractivity contribution in [2.75, 3.05) is 0 Å². The molecule has 0 aliphatic rings. The summed E-state index contributed by atoms with van der Waals surface area (Å²) in [7, 11) is 0. The fourth-order valence-electron chi connectivity index (χ4n) is 2.38. The van der Waals surface area contributed by atoms with Crippen molar-refractivity contribution >= 4 is 23.9 Å². The molecule has 1 heterocycles. The molecule has 0 spiro atoms. The lowest BCUT2D eigenvalue weighted by molar-refractivity contribution is 0.379. The molecule has 0 fully saturated rings. The summed E-state index contributed by atoms with van der Waals surface area (Å²) >= 11 is 0. The van der Waals surface area contributed by atoms with E-state index in [4.69, 9.17) is 10.3 Å². The predicted molar refractivity (Wildman–Crippen MR) is 110 cm³/mol. The van der Waals surface area contributed by atoms with Gasteiger partial charge >= 0.3 is 0 Å². The molecular formula is C21H25N5O. The van der Waals surface area contributed by atoms with Gasteiger partial charge in [-0.15, -0.1) is 0 Å². The van der Waals surface area contributed by atoms with Gasteiger partial charge in [0.05, 0.1) is 17.8 Å². The highest BCUT2D eigenvalue weighted by atomic mass is 16.5. The summed E-state index contributed by atoms with van der Waals surface area (Å²) < 4.78 is 5.29. The summed E-state index contributed by atoms with van der Waals surface area (Å²) in [6.07, 6.45) is 1.73. The summed E-state index contributed by atoms with van der Waals surface area (Å²) in [5, 5.41) is 4.00. The zero-order chi connectivity index (χ0) is 19.5. The number of aliphatic imine (C=N–C) groups is 2. The zero-order valence-electron chi connectivity index (χ0n) is 15.8. The maximum atomic E-state index is 6.01. The first kappa shape index (κ1) is 20.0. The van der Waals surface area contributed by atoms with Crippen molar-refractivity contribution in [1.82, 2.24) is 10.1 Å². The fraction of sp³-hybridized carbons (Fsp3) is 0.238. The SMILES string of the molecule is C=Nc1ccccc1N=C(N)CCc1noc(Cc2ccccc2)n1.CC. The molecule has 3 rings (SSSR count). The third-order valence-electron chi connectivity index (χ3n) is 3.63. The summed E-state index contributed by atoms with van der Waals surface area (Å²) in [6.45, 7) is 7.54. The minimum Gasteiger partial charge on any atom is -0.387 e. The molecule has 0 aliphatic heterocycles. The standard InChI is InChI=1S/C19H19N5O.C2H6/c1-21-15-9-5-6-10-16(15)22-17(20)11-12-18-23-19(25-24-18)13-14-7-3-2-4-8-14;1-2/h2-10H,1,11-13H2,(H2,20,22);1-2H3. The van der Waals surface area contributed by atoms with Crippen LogP contribution < -0.4 is 5.73 Å². The van der Waals surface area contributed by atoms with Crippen LogP contribution in [0.2, 0.25) is 0 Å². The molecule has 0 saturated heterocycles. The van der Waals surface area contributed by atoms with E-state index in [1.165, 1.54) is 0 Å². The summed E-state index contributed by atoms with van der Waals surface area (Å²) in [5.74, 6) is 1.71. The van der Waals surface area contributed by atoms with Gasteiger partial charge < -0.3 is 10.3 Å². The minimum atomic E-state index is 0.491. The molecule has 0 saturated carbocycles. The molecule has 0 bridgehead atoms. The van der Waals surface area contributed by atoms with Crippen molar-refractivity contribution < 1.29 is 4.52 Å². The molecule has 140 valence electrons. The molecule has 0 radical (unpaired) electrons. The van der Waals surface area contributed by atoms with E-state index in [1.807, 2.05) is 68.4 Å². The number of hydrogen-bond donors (Lipinski definition) is 1. The molecule has 0 unspecified atom stereocenters. The van der Waals surface area contributed by atoms with Crippen LogP contribution in [0.1, 0.15) is 37.5 Å². The van der Waals surface area contributed by atoms with Gasteiger partial charge in [0.15, 0.2) is 5.82 Å². The number of amidine groups is 1. The Balaban J connectivity index is 0.00000126. The highest BCUT2D eigenvalue weighted by Crippen LogP contribution is 2.26. The normalized spacial score (nSPS) is 10.8. The molecule has 3 aromatic rings. The molecule has 2 aromatic carbocycles. The second-order valence-corrected chi connectivity index (χ2v) is 5.52. The van der Waals surface area contributed by atoms with Gasteiger partial charge in [-0.2, -0.15) is 4.98 Å². The molecule has 6 heteroatoms. The molecule has 0 atom stereocenters. The first-order chi connectivity index (χ1) is 13.2. The van der Waals surface area contributed by atoms with Gasteiger partial charge in [-0.05, 0) is 24.4 Å². The van der Waals surface area contributed by atoms with E-state index >= 15 is 0 Å². The topological polar surface area (TPSA) is 89.7 Å². The van der Waals surface area contributed by atoms with Crippen molar-refractivity contribution in [2.24, 2.45) is 15.7 Å². The number of aromatic nitrogens is 2. The molecule has 0 amide bonds. The van der Waals surface area contributed by atoms with Crippen molar-refractivity contribution in [2.45, 2.75) is 33.1 Å². The first-order valence-corrected chi connectivity index (χ1v) is 8.99. The van der Waals surface area contributed by atoms with Crippen LogP contribution >= 0.6 is 0 Å². The summed E-state index contributed by atoms with van der Waals surface area (Å²) in [4.78, 5) is 12.7. The number of benzene rings is 2. The fourth-order valence-corrected chi connectivity index (χ4v) is 2.38. The Kier molecular flexibility index (Phi) is 7.91. The maximum absolute atomic E-state index is 6.01. The zero-order valence-corrected chi connectivity index (χ0v) is 15.8. The Hall–Kier alpha value is -3.28. The molecule has 2 N–H and O–H groups in total. The quantitative estimate of drug-likeness (QED) is 0.489. The Morgan fingerprint density at radius 1 is 1.04 bits per heavy atom. The highest BCUT2D eigenvalue weighted by molar-refractivity contribution is 5.85. The lowest BCUT2D eigenvalue weighted by Crippen LogP contribution is -2.12. The number of hydrogen-bond acceptors (Lipinski definition) is 5. The lowest BCUT2D eigenvalue weighted by atomic mass is 10.1. The van der Waals surface area contributed by atoms with Crippen LogP contribution in [0.25, 0.3) is 0 Å². The van der Waals surface area contributed by atoms with Crippen molar-refractivity contribution in [3.63, 3.8) is 0 Å². The Morgan fingerprint density at radius 2 is 1.70 bits per heavy atom. The Labute approximate surface area is 159 Å². The summed E-state index contributed by atoms with van der Waals surface area (Å²) in [6, 6.07) is 17.5. The largest absolute Gasteiger partial charge is 0.387 e. The number of para-hydroxylation sites is 2. The highest BCUT2D eigenvalue weighted by Gasteiger charge is 2.08. The van der Waals surface area contributed by atoms with Crippen molar-refractivity contribution in [1.29, 1.82) is 0 Å². The van der Waals surface area contributed by atoms with Crippen LogP contribution in [-0.4, -0.2) is 22.7 Å². The minimum absolute atomic E-state index is 0.491. The average molecular weight is 363 g/mol. The lowest BCUT2D eigenvalue weighted by Gasteiger charge is -2.01. The average Bonchev–Trinajstić information content (AvgIpc) is 3.16. The number of nitrogens with two attached hydrogens (primary N) is 1. The Bertz CT molecular complexity index is 871. The van der Waals surface area contributed by atoms with E-state index in [9.17, 15) is 0 Å². The maximum Gasteiger partial charge on any atom is 0.231 e. The van der Waals surface area contributed by atoms with Gasteiger partial charge in [0.1, 0.15) is 5.84 Å². The van der Waals surface area contributed by atoms with Crippen LogP contribution in [0, 0.1) is 0 Å². The molecule has 1 aromatic heterocycles. The molecule has 0 aliphatic carbocycles. The van der Waals surface area contributed by atoms with Gasteiger partial charge in [0, 0.05) is 12.8 Å². The molecule has 6 nitrogen and oxygen atoms in total. The van der Waals surface area contributed by atoms with Gasteiger partial charge in [0.2, 0.25) is 5.89 Å². The molecular weight excluding hydrogens is 338 g/mol.